The van der Waals surface area contributed by atoms with E-state index >= 15 is 0 Å². The van der Waals surface area contributed by atoms with E-state index in [4.69, 9.17) is 0 Å². The molecule has 1 aromatic carbocycles. The number of carbonyl (C=O) groups is 1. The number of hydrogen-bond donors (Lipinski definition) is 2. The van der Waals surface area contributed by atoms with Crippen molar-refractivity contribution < 1.29 is 4.79 Å². The summed E-state index contributed by atoms with van der Waals surface area (Å²) in [6.07, 6.45) is 0. The van der Waals surface area contributed by atoms with Crippen LogP contribution in [0.2, 0.25) is 0 Å². The number of benzene rings is 1. The minimum atomic E-state index is -0.0119. The lowest BCUT2D eigenvalue weighted by molar-refractivity contribution is -0.115. The standard InChI is InChI=1S/C14H16N4OS/c1-9(15-2)11-8-20-14(17-11)18-7-13(19)16-10-5-3-4-6-12(10)18/h3-6,8-9,15H,7H2,1-2H3,(H,16,19). The van der Waals surface area contributed by atoms with E-state index in [0.29, 0.717) is 6.54 Å². The molecule has 1 aromatic heterocycles. The second-order valence-electron chi connectivity index (χ2n) is 4.72. The van der Waals surface area contributed by atoms with Gasteiger partial charge in [0.25, 0.3) is 0 Å². The summed E-state index contributed by atoms with van der Waals surface area (Å²) in [7, 11) is 1.91. The summed E-state index contributed by atoms with van der Waals surface area (Å²) in [5.74, 6) is -0.0119. The fourth-order valence-corrected chi connectivity index (χ4v) is 3.08. The molecule has 2 heterocycles. The molecule has 5 nitrogen and oxygen atoms in total. The quantitative estimate of drug-likeness (QED) is 0.911. The van der Waals surface area contributed by atoms with Crippen LogP contribution in [0.25, 0.3) is 0 Å². The molecule has 1 amide bonds. The van der Waals surface area contributed by atoms with E-state index in [1.807, 2.05) is 41.6 Å². The van der Waals surface area contributed by atoms with E-state index in [2.05, 4.69) is 22.5 Å². The van der Waals surface area contributed by atoms with E-state index < -0.39 is 0 Å². The lowest BCUT2D eigenvalue weighted by Crippen LogP contribution is -2.34. The highest BCUT2D eigenvalue weighted by molar-refractivity contribution is 7.13. The smallest absolute Gasteiger partial charge is 0.244 e. The molecule has 3 rings (SSSR count). The lowest BCUT2D eigenvalue weighted by atomic mass is 10.2. The van der Waals surface area contributed by atoms with Gasteiger partial charge in [0.1, 0.15) is 6.54 Å². The average Bonchev–Trinajstić information content (AvgIpc) is 2.95. The number of para-hydroxylation sites is 2. The zero-order valence-electron chi connectivity index (χ0n) is 11.4. The number of aromatic nitrogens is 1. The van der Waals surface area contributed by atoms with Crippen molar-refractivity contribution in [3.05, 3.63) is 35.3 Å². The van der Waals surface area contributed by atoms with Crippen LogP contribution in [0.3, 0.4) is 0 Å². The summed E-state index contributed by atoms with van der Waals surface area (Å²) in [4.78, 5) is 18.4. The van der Waals surface area contributed by atoms with Crippen LogP contribution >= 0.6 is 11.3 Å². The molecule has 0 spiro atoms. The molecule has 0 radical (unpaired) electrons. The highest BCUT2D eigenvalue weighted by Crippen LogP contribution is 2.36. The number of carbonyl (C=O) groups excluding carboxylic acids is 1. The molecule has 0 aliphatic carbocycles. The summed E-state index contributed by atoms with van der Waals surface area (Å²) in [5, 5.41) is 8.94. The molecule has 0 saturated heterocycles. The van der Waals surface area contributed by atoms with Crippen LogP contribution in [0.1, 0.15) is 18.7 Å². The molecule has 1 aliphatic rings. The summed E-state index contributed by atoms with van der Waals surface area (Å²) in [6.45, 7) is 2.37. The van der Waals surface area contributed by atoms with E-state index in [9.17, 15) is 4.79 Å². The van der Waals surface area contributed by atoms with Gasteiger partial charge in [0.2, 0.25) is 5.91 Å². The van der Waals surface area contributed by atoms with Gasteiger partial charge in [-0.3, -0.25) is 4.79 Å². The number of nitrogens with one attached hydrogen (secondary N) is 2. The molecular weight excluding hydrogens is 272 g/mol. The van der Waals surface area contributed by atoms with E-state index in [1.165, 1.54) is 0 Å². The van der Waals surface area contributed by atoms with Crippen LogP contribution in [0, 0.1) is 0 Å². The molecule has 104 valence electrons. The number of amides is 1. The molecule has 2 aromatic rings. The molecule has 0 fully saturated rings. The zero-order chi connectivity index (χ0) is 14.1. The van der Waals surface area contributed by atoms with Crippen LogP contribution in [0.4, 0.5) is 16.5 Å². The molecular formula is C14H16N4OS. The molecule has 1 unspecified atom stereocenters. The third-order valence-corrected chi connectivity index (χ3v) is 4.27. The van der Waals surface area contributed by atoms with Gasteiger partial charge in [0, 0.05) is 11.4 Å². The highest BCUT2D eigenvalue weighted by Gasteiger charge is 2.25. The first-order chi connectivity index (χ1) is 9.69. The minimum Gasteiger partial charge on any atom is -0.323 e. The number of hydrogen-bond acceptors (Lipinski definition) is 5. The number of nitrogens with zero attached hydrogens (tertiary/aromatic N) is 2. The molecule has 20 heavy (non-hydrogen) atoms. The molecule has 6 heteroatoms. The van der Waals surface area contributed by atoms with Crippen LogP contribution in [-0.2, 0) is 4.79 Å². The largest absolute Gasteiger partial charge is 0.323 e. The molecule has 0 bridgehead atoms. The Balaban J connectivity index is 1.98. The van der Waals surface area contributed by atoms with Crippen molar-refractivity contribution in [1.82, 2.24) is 10.3 Å². The predicted octanol–water partition coefficient (Wildman–Crippen LogP) is 2.51. The number of thiazole rings is 1. The van der Waals surface area contributed by atoms with Crippen LogP contribution in [0.5, 0.6) is 0 Å². The Labute approximate surface area is 121 Å². The molecule has 1 aliphatic heterocycles. The zero-order valence-corrected chi connectivity index (χ0v) is 12.2. The van der Waals surface area contributed by atoms with E-state index in [-0.39, 0.29) is 11.9 Å². The number of rotatable bonds is 3. The van der Waals surface area contributed by atoms with Crippen molar-refractivity contribution in [3.8, 4) is 0 Å². The number of anilines is 3. The summed E-state index contributed by atoms with van der Waals surface area (Å²) in [5.41, 5.74) is 2.82. The van der Waals surface area contributed by atoms with Crippen molar-refractivity contribution in [1.29, 1.82) is 0 Å². The van der Waals surface area contributed by atoms with Gasteiger partial charge >= 0.3 is 0 Å². The first-order valence-electron chi connectivity index (χ1n) is 6.48. The van der Waals surface area contributed by atoms with Crippen molar-refractivity contribution in [2.45, 2.75) is 13.0 Å². The fourth-order valence-electron chi connectivity index (χ4n) is 2.15. The number of fused-ring (bicyclic) bond motifs is 1. The van der Waals surface area contributed by atoms with Crippen molar-refractivity contribution in [3.63, 3.8) is 0 Å². The van der Waals surface area contributed by atoms with Crippen molar-refractivity contribution in [2.24, 2.45) is 0 Å². The summed E-state index contributed by atoms with van der Waals surface area (Å²) >= 11 is 1.56. The Kier molecular flexibility index (Phi) is 3.42. The Hall–Kier alpha value is -1.92. The minimum absolute atomic E-state index is 0.0119. The predicted molar refractivity (Wildman–Crippen MR) is 81.7 cm³/mol. The first-order valence-corrected chi connectivity index (χ1v) is 7.36. The Morgan fingerprint density at radius 3 is 3.05 bits per heavy atom. The van der Waals surface area contributed by atoms with Gasteiger partial charge in [0.05, 0.1) is 17.1 Å². The van der Waals surface area contributed by atoms with Gasteiger partial charge in [0.15, 0.2) is 5.13 Å². The second-order valence-corrected chi connectivity index (χ2v) is 5.55. The topological polar surface area (TPSA) is 57.3 Å². The SMILES string of the molecule is CNC(C)c1csc(N2CC(=O)Nc3ccccc32)n1. The lowest BCUT2D eigenvalue weighted by Gasteiger charge is -2.28. The highest BCUT2D eigenvalue weighted by atomic mass is 32.1. The maximum atomic E-state index is 11.8. The van der Waals surface area contributed by atoms with Crippen LogP contribution < -0.4 is 15.5 Å². The first kappa shape index (κ1) is 13.1. The van der Waals surface area contributed by atoms with Gasteiger partial charge in [-0.15, -0.1) is 11.3 Å². The fraction of sp³-hybridized carbons (Fsp3) is 0.286. The Morgan fingerprint density at radius 1 is 1.45 bits per heavy atom. The van der Waals surface area contributed by atoms with Gasteiger partial charge < -0.3 is 15.5 Å². The normalized spacial score (nSPS) is 15.7. The van der Waals surface area contributed by atoms with Gasteiger partial charge in [-0.2, -0.15) is 0 Å². The van der Waals surface area contributed by atoms with Gasteiger partial charge in [-0.05, 0) is 26.1 Å². The third-order valence-electron chi connectivity index (χ3n) is 3.39. The van der Waals surface area contributed by atoms with Crippen LogP contribution in [0.15, 0.2) is 29.6 Å². The Bertz CT molecular complexity index is 640. The molecule has 1 atom stereocenters. The second kappa shape index (κ2) is 5.22. The van der Waals surface area contributed by atoms with Gasteiger partial charge in [-0.25, -0.2) is 4.98 Å². The maximum absolute atomic E-state index is 11.8. The summed E-state index contributed by atoms with van der Waals surface area (Å²) < 4.78 is 0. The Morgan fingerprint density at radius 2 is 2.25 bits per heavy atom. The van der Waals surface area contributed by atoms with Crippen LogP contribution in [-0.4, -0.2) is 24.5 Å². The molecule has 2 N–H and O–H groups in total. The van der Waals surface area contributed by atoms with Gasteiger partial charge in [-0.1, -0.05) is 12.1 Å². The monoisotopic (exact) mass is 288 g/mol. The van der Waals surface area contributed by atoms with E-state index in [0.717, 1.165) is 22.2 Å². The van der Waals surface area contributed by atoms with Crippen molar-refractivity contribution >= 4 is 33.8 Å². The van der Waals surface area contributed by atoms with E-state index in [1.54, 1.807) is 11.3 Å². The third kappa shape index (κ3) is 2.28. The van der Waals surface area contributed by atoms with Crippen molar-refractivity contribution in [2.75, 3.05) is 23.8 Å². The average molecular weight is 288 g/mol. The molecule has 0 saturated carbocycles. The maximum Gasteiger partial charge on any atom is 0.244 e. The summed E-state index contributed by atoms with van der Waals surface area (Å²) in [6, 6.07) is 7.99.